The number of carboxylic acid groups (broad SMARTS) is 1. The first kappa shape index (κ1) is 16.3. The fourth-order valence-corrected chi connectivity index (χ4v) is 3.24. The van der Waals surface area contributed by atoms with E-state index in [0.717, 1.165) is 6.42 Å². The highest BCUT2D eigenvalue weighted by Gasteiger charge is 2.45. The number of carbonyl (C=O) groups excluding carboxylic acids is 1. The highest BCUT2D eigenvalue weighted by Crippen LogP contribution is 2.49. The Labute approximate surface area is 140 Å². The fraction of sp³-hybridized carbons (Fsp3) is 0.368. The van der Waals surface area contributed by atoms with E-state index in [1.165, 1.54) is 17.2 Å². The van der Waals surface area contributed by atoms with Gasteiger partial charge in [0.2, 0.25) is 5.91 Å². The van der Waals surface area contributed by atoms with Gasteiger partial charge in [-0.15, -0.1) is 0 Å². The molecular formula is C19H21NO4. The molecule has 5 heteroatoms. The van der Waals surface area contributed by atoms with Crippen LogP contribution < -0.4 is 0 Å². The van der Waals surface area contributed by atoms with E-state index in [1.54, 1.807) is 18.9 Å². The molecule has 1 aliphatic rings. The summed E-state index contributed by atoms with van der Waals surface area (Å²) in [6, 6.07) is 9.65. The molecule has 5 nitrogen and oxygen atoms in total. The van der Waals surface area contributed by atoms with Crippen molar-refractivity contribution >= 4 is 11.9 Å². The van der Waals surface area contributed by atoms with Crippen LogP contribution in [0.3, 0.4) is 0 Å². The molecule has 126 valence electrons. The van der Waals surface area contributed by atoms with Gasteiger partial charge >= 0.3 is 5.97 Å². The highest BCUT2D eigenvalue weighted by molar-refractivity contribution is 5.89. The van der Waals surface area contributed by atoms with Gasteiger partial charge in [-0.25, -0.2) is 4.79 Å². The zero-order chi connectivity index (χ0) is 17.4. The van der Waals surface area contributed by atoms with Crippen molar-refractivity contribution in [2.24, 2.45) is 5.92 Å². The van der Waals surface area contributed by atoms with E-state index in [1.807, 2.05) is 12.1 Å². The average molecular weight is 327 g/mol. The van der Waals surface area contributed by atoms with Gasteiger partial charge in [-0.2, -0.15) is 0 Å². The molecule has 0 bridgehead atoms. The summed E-state index contributed by atoms with van der Waals surface area (Å²) in [5, 5.41) is 9.07. The minimum Gasteiger partial charge on any atom is -0.478 e. The second kappa shape index (κ2) is 6.15. The summed E-state index contributed by atoms with van der Waals surface area (Å²) in [5.41, 5.74) is 2.61. The van der Waals surface area contributed by atoms with Crippen molar-refractivity contribution in [3.63, 3.8) is 0 Å². The second-order valence-electron chi connectivity index (χ2n) is 6.49. The van der Waals surface area contributed by atoms with Crippen molar-refractivity contribution in [1.29, 1.82) is 0 Å². The predicted molar refractivity (Wildman–Crippen MR) is 88.9 cm³/mol. The lowest BCUT2D eigenvalue weighted by Crippen LogP contribution is -2.27. The summed E-state index contributed by atoms with van der Waals surface area (Å²) < 4.78 is 5.45. The van der Waals surface area contributed by atoms with Gasteiger partial charge in [0.25, 0.3) is 0 Å². The number of rotatable bonds is 5. The highest BCUT2D eigenvalue weighted by atomic mass is 16.4. The Morgan fingerprint density at radius 3 is 2.62 bits per heavy atom. The fourth-order valence-electron chi connectivity index (χ4n) is 3.24. The van der Waals surface area contributed by atoms with Crippen LogP contribution in [-0.2, 0) is 11.3 Å². The molecule has 1 N–H and O–H groups in total. The first-order valence-electron chi connectivity index (χ1n) is 8.01. The van der Waals surface area contributed by atoms with Gasteiger partial charge in [0, 0.05) is 13.0 Å². The van der Waals surface area contributed by atoms with Gasteiger partial charge in [0.05, 0.1) is 6.54 Å². The maximum absolute atomic E-state index is 12.6. The van der Waals surface area contributed by atoms with Crippen LogP contribution in [0, 0.1) is 19.8 Å². The molecule has 0 radical (unpaired) electrons. The third-order valence-electron chi connectivity index (χ3n) is 4.66. The van der Waals surface area contributed by atoms with Crippen molar-refractivity contribution in [2.45, 2.75) is 32.7 Å². The molecule has 2 atom stereocenters. The minimum atomic E-state index is -1.02. The Morgan fingerprint density at radius 1 is 1.29 bits per heavy atom. The molecule has 1 saturated carbocycles. The maximum Gasteiger partial charge on any atom is 0.339 e. The molecule has 2 aromatic rings. The van der Waals surface area contributed by atoms with Crippen molar-refractivity contribution in [2.75, 3.05) is 7.05 Å². The number of amides is 1. The van der Waals surface area contributed by atoms with E-state index in [-0.39, 0.29) is 29.9 Å². The Kier molecular flexibility index (Phi) is 4.18. The molecule has 0 aliphatic heterocycles. The van der Waals surface area contributed by atoms with Crippen LogP contribution >= 0.6 is 0 Å². The SMILES string of the molecule is Cc1ccccc1[C@H]1C[C@@H]1C(=O)N(C)Cc1cc(C(=O)O)c(C)o1. The van der Waals surface area contributed by atoms with Gasteiger partial charge in [-0.3, -0.25) is 4.79 Å². The largest absolute Gasteiger partial charge is 0.478 e. The monoisotopic (exact) mass is 327 g/mol. The van der Waals surface area contributed by atoms with E-state index in [9.17, 15) is 9.59 Å². The van der Waals surface area contributed by atoms with Gasteiger partial charge in [0.1, 0.15) is 17.1 Å². The molecule has 1 aliphatic carbocycles. The number of benzene rings is 1. The molecule has 0 unspecified atom stereocenters. The smallest absolute Gasteiger partial charge is 0.339 e. The minimum absolute atomic E-state index is 0.00565. The van der Waals surface area contributed by atoms with Gasteiger partial charge in [-0.05, 0) is 43.4 Å². The lowest BCUT2D eigenvalue weighted by molar-refractivity contribution is -0.132. The van der Waals surface area contributed by atoms with E-state index < -0.39 is 5.97 Å². The summed E-state index contributed by atoms with van der Waals surface area (Å²) in [5.74, 6) is 0.212. The number of hydrogen-bond donors (Lipinski definition) is 1. The molecule has 24 heavy (non-hydrogen) atoms. The predicted octanol–water partition coefficient (Wildman–Crippen LogP) is 3.36. The number of aromatic carboxylic acids is 1. The Bertz CT molecular complexity index is 792. The van der Waals surface area contributed by atoms with Crippen LogP contribution in [0.1, 0.15) is 45.3 Å². The van der Waals surface area contributed by atoms with Gasteiger partial charge < -0.3 is 14.4 Å². The van der Waals surface area contributed by atoms with Crippen molar-refractivity contribution in [3.8, 4) is 0 Å². The zero-order valence-electron chi connectivity index (χ0n) is 14.1. The molecule has 0 saturated heterocycles. The lowest BCUT2D eigenvalue weighted by Gasteiger charge is -2.16. The molecule has 1 aromatic heterocycles. The number of carboxylic acids is 1. The van der Waals surface area contributed by atoms with Crippen molar-refractivity contribution < 1.29 is 19.1 Å². The van der Waals surface area contributed by atoms with Crippen LogP contribution in [0.2, 0.25) is 0 Å². The molecule has 0 spiro atoms. The van der Waals surface area contributed by atoms with Crippen molar-refractivity contribution in [3.05, 3.63) is 58.5 Å². The number of carbonyl (C=O) groups is 2. The third kappa shape index (κ3) is 3.07. The van der Waals surface area contributed by atoms with Crippen LogP contribution in [-0.4, -0.2) is 28.9 Å². The van der Waals surface area contributed by atoms with Crippen LogP contribution in [0.25, 0.3) is 0 Å². The number of hydrogen-bond acceptors (Lipinski definition) is 3. The van der Waals surface area contributed by atoms with E-state index in [2.05, 4.69) is 19.1 Å². The third-order valence-corrected chi connectivity index (χ3v) is 4.66. The normalized spacial score (nSPS) is 19.1. The summed E-state index contributed by atoms with van der Waals surface area (Å²) in [6.07, 6.45) is 0.867. The summed E-state index contributed by atoms with van der Waals surface area (Å²) in [4.78, 5) is 25.3. The standard InChI is InChI=1S/C19H21NO4/c1-11-6-4-5-7-14(11)16-9-17(16)18(21)20(3)10-13-8-15(19(22)23)12(2)24-13/h4-8,16-17H,9-10H2,1-3H3,(H,22,23)/t16-,17+/m1/s1. The van der Waals surface area contributed by atoms with Crippen molar-refractivity contribution in [1.82, 2.24) is 4.90 Å². The molecule has 1 amide bonds. The van der Waals surface area contributed by atoms with E-state index in [4.69, 9.17) is 9.52 Å². The Hall–Kier alpha value is -2.56. The Morgan fingerprint density at radius 2 is 2.00 bits per heavy atom. The van der Waals surface area contributed by atoms with Crippen LogP contribution in [0.4, 0.5) is 0 Å². The van der Waals surface area contributed by atoms with Gasteiger partial charge in [-0.1, -0.05) is 24.3 Å². The first-order valence-corrected chi connectivity index (χ1v) is 8.01. The summed E-state index contributed by atoms with van der Waals surface area (Å²) in [6.45, 7) is 3.96. The zero-order valence-corrected chi connectivity index (χ0v) is 14.1. The van der Waals surface area contributed by atoms with Crippen LogP contribution in [0.15, 0.2) is 34.7 Å². The topological polar surface area (TPSA) is 70.8 Å². The number of furan rings is 1. The lowest BCUT2D eigenvalue weighted by atomic mass is 10.0. The van der Waals surface area contributed by atoms with Gasteiger partial charge in [0.15, 0.2) is 0 Å². The molecule has 1 aromatic carbocycles. The maximum atomic E-state index is 12.6. The number of nitrogens with zero attached hydrogens (tertiary/aromatic N) is 1. The quantitative estimate of drug-likeness (QED) is 0.914. The molecule has 1 heterocycles. The first-order chi connectivity index (χ1) is 11.4. The Balaban J connectivity index is 1.65. The second-order valence-corrected chi connectivity index (χ2v) is 6.49. The van der Waals surface area contributed by atoms with E-state index >= 15 is 0 Å². The van der Waals surface area contributed by atoms with Crippen LogP contribution in [0.5, 0.6) is 0 Å². The number of aryl methyl sites for hydroxylation is 2. The molecule has 3 rings (SSSR count). The van der Waals surface area contributed by atoms with E-state index in [0.29, 0.717) is 11.5 Å². The summed E-state index contributed by atoms with van der Waals surface area (Å²) >= 11 is 0. The molecule has 1 fully saturated rings. The molecular weight excluding hydrogens is 306 g/mol. The average Bonchev–Trinajstić information content (AvgIpc) is 3.23. The summed E-state index contributed by atoms with van der Waals surface area (Å²) in [7, 11) is 1.73.